The molecule has 0 aliphatic carbocycles. The third kappa shape index (κ3) is 4.00. The fraction of sp³-hybridized carbons (Fsp3) is 0.286. The lowest BCUT2D eigenvalue weighted by Gasteiger charge is -2.26. The highest BCUT2D eigenvalue weighted by Gasteiger charge is 2.25. The van der Waals surface area contributed by atoms with Gasteiger partial charge in [0.05, 0.1) is 6.61 Å². The van der Waals surface area contributed by atoms with Crippen molar-refractivity contribution in [2.45, 2.75) is 45.4 Å². The quantitative estimate of drug-likeness (QED) is 0.232. The zero-order valence-electron chi connectivity index (χ0n) is 20.0. The summed E-state index contributed by atoms with van der Waals surface area (Å²) in [5, 5.41) is 53.4. The van der Waals surface area contributed by atoms with Gasteiger partial charge in [-0.2, -0.15) is 0 Å². The number of benzene rings is 4. The monoisotopic (exact) mass is 462 g/mol. The minimum absolute atomic E-state index is 0.0719. The molecule has 4 rings (SSSR count). The second kappa shape index (κ2) is 7.90. The summed E-state index contributed by atoms with van der Waals surface area (Å²) in [6, 6.07) is 14.2. The summed E-state index contributed by atoms with van der Waals surface area (Å²) < 4.78 is 5.99. The Morgan fingerprint density at radius 3 is 1.94 bits per heavy atom. The highest BCUT2D eigenvalue weighted by atomic mass is 16.5. The van der Waals surface area contributed by atoms with Crippen LogP contribution in [0.3, 0.4) is 0 Å². The SMILES string of the molecule is CC(C)(C)c1ccc2c(O)c(O)c(OCC(C)(C)c3ccc4cc(O)c(O)c(O)c4c3)cc2c1. The first-order valence-electron chi connectivity index (χ1n) is 11.1. The Hall–Kier alpha value is -3.80. The summed E-state index contributed by atoms with van der Waals surface area (Å²) in [6.45, 7) is 10.4. The fourth-order valence-electron chi connectivity index (χ4n) is 4.04. The van der Waals surface area contributed by atoms with E-state index < -0.39 is 11.2 Å². The van der Waals surface area contributed by atoms with Gasteiger partial charge in [-0.3, -0.25) is 0 Å². The van der Waals surface area contributed by atoms with Crippen molar-refractivity contribution in [3.63, 3.8) is 0 Å². The molecule has 0 fully saturated rings. The summed E-state index contributed by atoms with van der Waals surface area (Å²) in [5.41, 5.74) is 1.29. The van der Waals surface area contributed by atoms with Crippen LogP contribution in [0.1, 0.15) is 45.7 Å². The highest BCUT2D eigenvalue weighted by molar-refractivity contribution is 5.94. The molecular weight excluding hydrogens is 432 g/mol. The number of phenols is 5. The predicted molar refractivity (Wildman–Crippen MR) is 133 cm³/mol. The van der Waals surface area contributed by atoms with Crippen LogP contribution in [0.4, 0.5) is 0 Å². The molecule has 34 heavy (non-hydrogen) atoms. The van der Waals surface area contributed by atoms with Gasteiger partial charge in [-0.15, -0.1) is 0 Å². The lowest BCUT2D eigenvalue weighted by molar-refractivity contribution is 0.230. The van der Waals surface area contributed by atoms with Crippen molar-refractivity contribution in [1.29, 1.82) is 0 Å². The van der Waals surface area contributed by atoms with E-state index in [2.05, 4.69) is 20.8 Å². The summed E-state index contributed by atoms with van der Waals surface area (Å²) in [6.07, 6.45) is 0. The lowest BCUT2D eigenvalue weighted by atomic mass is 9.84. The Kier molecular flexibility index (Phi) is 5.43. The van der Waals surface area contributed by atoms with Gasteiger partial charge in [-0.25, -0.2) is 0 Å². The molecule has 5 N–H and O–H groups in total. The fourth-order valence-corrected chi connectivity index (χ4v) is 4.04. The number of hydrogen-bond acceptors (Lipinski definition) is 6. The number of phenolic OH excluding ortho intramolecular Hbond substituents is 5. The minimum atomic E-state index is -0.565. The molecule has 0 aliphatic heterocycles. The van der Waals surface area contributed by atoms with Crippen LogP contribution in [0.5, 0.6) is 34.5 Å². The van der Waals surface area contributed by atoms with Crippen molar-refractivity contribution >= 4 is 21.5 Å². The smallest absolute Gasteiger partial charge is 0.201 e. The van der Waals surface area contributed by atoms with E-state index in [4.69, 9.17) is 4.74 Å². The van der Waals surface area contributed by atoms with E-state index >= 15 is 0 Å². The Labute approximate surface area is 198 Å². The molecular formula is C28H30O6. The Balaban J connectivity index is 1.68. The molecule has 0 aromatic heterocycles. The normalized spacial score (nSPS) is 12.4. The maximum absolute atomic E-state index is 10.6. The first kappa shape index (κ1) is 23.4. The van der Waals surface area contributed by atoms with Crippen molar-refractivity contribution in [2.24, 2.45) is 0 Å². The van der Waals surface area contributed by atoms with E-state index in [9.17, 15) is 25.5 Å². The number of aromatic hydroxyl groups is 5. The van der Waals surface area contributed by atoms with Crippen LogP contribution in [-0.2, 0) is 10.8 Å². The maximum Gasteiger partial charge on any atom is 0.201 e. The van der Waals surface area contributed by atoms with Crippen LogP contribution < -0.4 is 4.74 Å². The maximum atomic E-state index is 10.6. The first-order valence-corrected chi connectivity index (χ1v) is 11.1. The Morgan fingerprint density at radius 1 is 0.618 bits per heavy atom. The third-order valence-corrected chi connectivity index (χ3v) is 6.35. The van der Waals surface area contributed by atoms with Crippen LogP contribution in [0.2, 0.25) is 0 Å². The van der Waals surface area contributed by atoms with Gasteiger partial charge in [-0.05, 0) is 45.5 Å². The van der Waals surface area contributed by atoms with Crippen LogP contribution in [0, 0.1) is 0 Å². The van der Waals surface area contributed by atoms with E-state index in [-0.39, 0.29) is 40.8 Å². The molecule has 0 bridgehead atoms. The molecule has 178 valence electrons. The summed E-state index contributed by atoms with van der Waals surface area (Å²) in [7, 11) is 0. The summed E-state index contributed by atoms with van der Waals surface area (Å²) in [4.78, 5) is 0. The van der Waals surface area contributed by atoms with Gasteiger partial charge >= 0.3 is 0 Å². The van der Waals surface area contributed by atoms with Gasteiger partial charge in [0.2, 0.25) is 11.5 Å². The van der Waals surface area contributed by atoms with Crippen molar-refractivity contribution in [3.8, 4) is 34.5 Å². The average Bonchev–Trinajstić information content (AvgIpc) is 2.78. The number of rotatable bonds is 4. The van der Waals surface area contributed by atoms with E-state index in [1.165, 1.54) is 6.07 Å². The van der Waals surface area contributed by atoms with Gasteiger partial charge in [0.1, 0.15) is 0 Å². The highest BCUT2D eigenvalue weighted by Crippen LogP contribution is 2.45. The zero-order chi connectivity index (χ0) is 25.0. The van der Waals surface area contributed by atoms with Crippen LogP contribution in [-0.4, -0.2) is 32.1 Å². The second-order valence-corrected chi connectivity index (χ2v) is 10.5. The molecule has 0 spiro atoms. The van der Waals surface area contributed by atoms with Gasteiger partial charge < -0.3 is 30.3 Å². The largest absolute Gasteiger partial charge is 0.504 e. The van der Waals surface area contributed by atoms with Crippen molar-refractivity contribution in [3.05, 3.63) is 59.7 Å². The molecule has 4 aromatic rings. The van der Waals surface area contributed by atoms with E-state index in [0.717, 1.165) is 16.5 Å². The van der Waals surface area contributed by atoms with Crippen LogP contribution in [0.25, 0.3) is 21.5 Å². The third-order valence-electron chi connectivity index (χ3n) is 6.35. The molecule has 0 amide bonds. The summed E-state index contributed by atoms with van der Waals surface area (Å²) in [5.74, 6) is -1.71. The number of fused-ring (bicyclic) bond motifs is 2. The molecule has 0 aliphatic rings. The number of ether oxygens (including phenoxy) is 1. The molecule has 0 saturated carbocycles. The molecule has 4 aromatic carbocycles. The molecule has 0 radical (unpaired) electrons. The van der Waals surface area contributed by atoms with E-state index in [1.54, 1.807) is 24.3 Å². The van der Waals surface area contributed by atoms with Crippen LogP contribution >= 0.6 is 0 Å². The van der Waals surface area contributed by atoms with Crippen molar-refractivity contribution < 1.29 is 30.3 Å². The lowest BCUT2D eigenvalue weighted by Crippen LogP contribution is -2.26. The molecule has 0 unspecified atom stereocenters. The molecule has 6 nitrogen and oxygen atoms in total. The second-order valence-electron chi connectivity index (χ2n) is 10.5. The van der Waals surface area contributed by atoms with Gasteiger partial charge in [0, 0.05) is 16.2 Å². The molecule has 0 saturated heterocycles. The van der Waals surface area contributed by atoms with E-state index in [0.29, 0.717) is 16.2 Å². The minimum Gasteiger partial charge on any atom is -0.504 e. The van der Waals surface area contributed by atoms with E-state index in [1.807, 2.05) is 32.0 Å². The zero-order valence-corrected chi connectivity index (χ0v) is 20.0. The predicted octanol–water partition coefficient (Wildman–Crippen LogP) is 6.18. The van der Waals surface area contributed by atoms with Crippen molar-refractivity contribution in [2.75, 3.05) is 6.61 Å². The Morgan fingerprint density at radius 2 is 1.26 bits per heavy atom. The van der Waals surface area contributed by atoms with Crippen LogP contribution in [0.15, 0.2) is 48.5 Å². The summed E-state index contributed by atoms with van der Waals surface area (Å²) >= 11 is 0. The van der Waals surface area contributed by atoms with Gasteiger partial charge in [0.25, 0.3) is 0 Å². The first-order chi connectivity index (χ1) is 15.8. The average molecular weight is 463 g/mol. The van der Waals surface area contributed by atoms with Gasteiger partial charge in [-0.1, -0.05) is 65.0 Å². The van der Waals surface area contributed by atoms with Gasteiger partial charge in [0.15, 0.2) is 23.0 Å². The topological polar surface area (TPSA) is 110 Å². The molecule has 0 atom stereocenters. The number of hydrogen-bond donors (Lipinski definition) is 5. The standard InChI is InChI=1S/C28H30O6/c1-27(2,3)17-8-9-19-16(10-17)12-22(26(33)23(19)30)34-14-28(4,5)18-7-6-15-11-21(29)25(32)24(31)20(15)13-18/h6-13,29-33H,14H2,1-5H3. The molecule has 0 heterocycles. The Bertz CT molecular complexity index is 1410. The van der Waals surface area contributed by atoms with Crippen molar-refractivity contribution in [1.82, 2.24) is 0 Å². The molecule has 6 heteroatoms.